The lowest BCUT2D eigenvalue weighted by Crippen LogP contribution is -2.11. The van der Waals surface area contributed by atoms with Gasteiger partial charge in [0.1, 0.15) is 0 Å². The summed E-state index contributed by atoms with van der Waals surface area (Å²) >= 11 is 0. The molecule has 0 aromatic heterocycles. The van der Waals surface area contributed by atoms with Crippen molar-refractivity contribution in [3.8, 4) is 0 Å². The Hall–Kier alpha value is -2.39. The van der Waals surface area contributed by atoms with Crippen LogP contribution in [0, 0.1) is 0 Å². The third-order valence-electron chi connectivity index (χ3n) is 3.32. The number of benzene rings is 3. The van der Waals surface area contributed by atoms with Crippen molar-refractivity contribution >= 4 is 27.5 Å². The van der Waals surface area contributed by atoms with Gasteiger partial charge in [0.05, 0.1) is 0 Å². The Morgan fingerprint density at radius 3 is 1.84 bits per heavy atom. The molecule has 2 N–H and O–H groups in total. The summed E-state index contributed by atoms with van der Waals surface area (Å²) in [7, 11) is 0. The molecule has 3 aromatic carbocycles. The smallest absolute Gasteiger partial charge is 0.337 e. The molecule has 0 bridgehead atoms. The summed E-state index contributed by atoms with van der Waals surface area (Å²) in [5.41, 5.74) is 0.459. The van der Waals surface area contributed by atoms with E-state index in [2.05, 4.69) is 0 Å². The Kier molecular flexibility index (Phi) is 2.69. The van der Waals surface area contributed by atoms with Crippen LogP contribution in [0.1, 0.15) is 11.7 Å². The van der Waals surface area contributed by atoms with Crippen molar-refractivity contribution in [1.82, 2.24) is 0 Å². The molecule has 0 saturated heterocycles. The van der Waals surface area contributed by atoms with E-state index in [1.54, 1.807) is 0 Å². The molecule has 3 heteroatoms. The Bertz CT molecular complexity index is 723. The monoisotopic (exact) mass is 252 g/mol. The Labute approximate surface area is 109 Å². The van der Waals surface area contributed by atoms with Crippen molar-refractivity contribution < 1.29 is 15.0 Å². The number of aliphatic hydroxyl groups is 1. The third kappa shape index (κ3) is 1.84. The van der Waals surface area contributed by atoms with Gasteiger partial charge in [-0.2, -0.15) is 0 Å². The third-order valence-corrected chi connectivity index (χ3v) is 3.32. The molecule has 0 fully saturated rings. The number of carbonyl (C=O) groups is 1. The molecule has 3 rings (SSSR count). The number of aliphatic carboxylic acids is 1. The molecule has 94 valence electrons. The standard InChI is InChI=1S/C16H12O3/c17-15(16(18)19)14-12-7-3-1-5-10(12)9-11-6-2-4-8-13(11)14/h1-9,15,17H,(H,18,19)/t15-/m0/s1. The molecule has 0 aliphatic heterocycles. The molecule has 0 spiro atoms. The molecule has 3 aromatic rings. The maximum absolute atomic E-state index is 11.1. The molecule has 0 unspecified atom stereocenters. The lowest BCUT2D eigenvalue weighted by molar-refractivity contribution is -0.146. The van der Waals surface area contributed by atoms with Crippen molar-refractivity contribution in [1.29, 1.82) is 0 Å². The minimum Gasteiger partial charge on any atom is -0.479 e. The first-order chi connectivity index (χ1) is 9.18. The fourth-order valence-electron chi connectivity index (χ4n) is 2.47. The van der Waals surface area contributed by atoms with E-state index < -0.39 is 12.1 Å². The van der Waals surface area contributed by atoms with Crippen LogP contribution in [-0.2, 0) is 4.79 Å². The van der Waals surface area contributed by atoms with Crippen molar-refractivity contribution in [2.24, 2.45) is 0 Å². The van der Waals surface area contributed by atoms with Crippen molar-refractivity contribution in [2.45, 2.75) is 6.10 Å². The Morgan fingerprint density at radius 1 is 0.895 bits per heavy atom. The van der Waals surface area contributed by atoms with Gasteiger partial charge in [0.25, 0.3) is 0 Å². The van der Waals surface area contributed by atoms with E-state index in [9.17, 15) is 9.90 Å². The first kappa shape index (κ1) is 11.7. The second-order valence-electron chi connectivity index (χ2n) is 4.47. The van der Waals surface area contributed by atoms with Gasteiger partial charge in [-0.3, -0.25) is 0 Å². The van der Waals surface area contributed by atoms with E-state index in [1.807, 2.05) is 54.6 Å². The molecule has 19 heavy (non-hydrogen) atoms. The van der Waals surface area contributed by atoms with Crippen LogP contribution in [0.2, 0.25) is 0 Å². The molecule has 0 radical (unpaired) electrons. The van der Waals surface area contributed by atoms with Gasteiger partial charge in [0.2, 0.25) is 0 Å². The minimum absolute atomic E-state index is 0.459. The van der Waals surface area contributed by atoms with E-state index in [0.29, 0.717) is 5.56 Å². The molecule has 0 heterocycles. The van der Waals surface area contributed by atoms with E-state index >= 15 is 0 Å². The van der Waals surface area contributed by atoms with Gasteiger partial charge in [-0.05, 0) is 27.6 Å². The molecule has 1 atom stereocenters. The lowest BCUT2D eigenvalue weighted by Gasteiger charge is -2.14. The quantitative estimate of drug-likeness (QED) is 0.689. The maximum Gasteiger partial charge on any atom is 0.337 e. The van der Waals surface area contributed by atoms with Crippen LogP contribution in [0.25, 0.3) is 21.5 Å². The average molecular weight is 252 g/mol. The summed E-state index contributed by atoms with van der Waals surface area (Å²) in [5.74, 6) is -1.23. The fraction of sp³-hybridized carbons (Fsp3) is 0.0625. The van der Waals surface area contributed by atoms with Crippen LogP contribution in [-0.4, -0.2) is 16.2 Å². The van der Waals surface area contributed by atoms with Gasteiger partial charge in [-0.15, -0.1) is 0 Å². The normalized spacial score (nSPS) is 12.7. The predicted molar refractivity (Wildman–Crippen MR) is 74.0 cm³/mol. The van der Waals surface area contributed by atoms with Gasteiger partial charge in [-0.1, -0.05) is 48.5 Å². The van der Waals surface area contributed by atoms with Crippen molar-refractivity contribution in [3.05, 3.63) is 60.2 Å². The number of rotatable bonds is 2. The first-order valence-corrected chi connectivity index (χ1v) is 6.00. The lowest BCUT2D eigenvalue weighted by atomic mass is 9.93. The molecule has 0 saturated carbocycles. The first-order valence-electron chi connectivity index (χ1n) is 6.00. The van der Waals surface area contributed by atoms with Gasteiger partial charge in [0.15, 0.2) is 6.10 Å². The van der Waals surface area contributed by atoms with Crippen molar-refractivity contribution in [2.75, 3.05) is 0 Å². The second kappa shape index (κ2) is 4.37. The number of hydrogen-bond acceptors (Lipinski definition) is 2. The van der Waals surface area contributed by atoms with Crippen LogP contribution in [0.3, 0.4) is 0 Å². The maximum atomic E-state index is 11.1. The highest BCUT2D eigenvalue weighted by Gasteiger charge is 2.21. The van der Waals surface area contributed by atoms with Crippen LogP contribution in [0.15, 0.2) is 54.6 Å². The zero-order valence-corrected chi connectivity index (χ0v) is 10.1. The highest BCUT2D eigenvalue weighted by atomic mass is 16.4. The van der Waals surface area contributed by atoms with Gasteiger partial charge in [0, 0.05) is 5.56 Å². The average Bonchev–Trinajstić information content (AvgIpc) is 2.43. The molecule has 3 nitrogen and oxygen atoms in total. The molecular formula is C16H12O3. The zero-order chi connectivity index (χ0) is 13.4. The predicted octanol–water partition coefficient (Wildman–Crippen LogP) is 3.11. The van der Waals surface area contributed by atoms with Crippen LogP contribution in [0.5, 0.6) is 0 Å². The molecule has 0 amide bonds. The minimum atomic E-state index is -1.52. The SMILES string of the molecule is O=C(O)[C@@H](O)c1c2ccccc2cc2ccccc12. The van der Waals surface area contributed by atoms with Crippen LogP contribution in [0.4, 0.5) is 0 Å². The molecule has 0 aliphatic rings. The number of carboxylic acid groups (broad SMARTS) is 1. The number of hydrogen-bond donors (Lipinski definition) is 2. The van der Waals surface area contributed by atoms with Crippen LogP contribution < -0.4 is 0 Å². The summed E-state index contributed by atoms with van der Waals surface area (Å²) in [6, 6.07) is 17.0. The van der Waals surface area contributed by atoms with E-state index in [0.717, 1.165) is 21.5 Å². The summed E-state index contributed by atoms with van der Waals surface area (Å²) in [6.07, 6.45) is -1.52. The fourth-order valence-corrected chi connectivity index (χ4v) is 2.47. The largest absolute Gasteiger partial charge is 0.479 e. The Balaban J connectivity index is 2.49. The van der Waals surface area contributed by atoms with Gasteiger partial charge >= 0.3 is 5.97 Å². The van der Waals surface area contributed by atoms with Crippen LogP contribution >= 0.6 is 0 Å². The molecular weight excluding hydrogens is 240 g/mol. The summed E-state index contributed by atoms with van der Waals surface area (Å²) < 4.78 is 0. The van der Waals surface area contributed by atoms with Gasteiger partial charge < -0.3 is 10.2 Å². The highest BCUT2D eigenvalue weighted by Crippen LogP contribution is 2.32. The number of carboxylic acids is 1. The summed E-state index contributed by atoms with van der Waals surface area (Å²) in [4.78, 5) is 11.1. The van der Waals surface area contributed by atoms with E-state index in [-0.39, 0.29) is 0 Å². The van der Waals surface area contributed by atoms with Crippen molar-refractivity contribution in [3.63, 3.8) is 0 Å². The highest BCUT2D eigenvalue weighted by molar-refractivity contribution is 6.04. The summed E-state index contributed by atoms with van der Waals surface area (Å²) in [6.45, 7) is 0. The number of aliphatic hydroxyl groups excluding tert-OH is 1. The number of fused-ring (bicyclic) bond motifs is 2. The van der Waals surface area contributed by atoms with Gasteiger partial charge in [-0.25, -0.2) is 4.79 Å². The second-order valence-corrected chi connectivity index (χ2v) is 4.47. The summed E-state index contributed by atoms with van der Waals surface area (Å²) in [5, 5.41) is 22.5. The van der Waals surface area contributed by atoms with E-state index in [1.165, 1.54) is 0 Å². The van der Waals surface area contributed by atoms with E-state index in [4.69, 9.17) is 5.11 Å². The topological polar surface area (TPSA) is 57.5 Å². The zero-order valence-electron chi connectivity index (χ0n) is 10.1. The molecule has 0 aliphatic carbocycles. The Morgan fingerprint density at radius 2 is 1.37 bits per heavy atom.